The number of rotatable bonds is 5. The molecule has 0 saturated carbocycles. The molecule has 1 N–H and O–H groups in total. The van der Waals surface area contributed by atoms with Crippen LogP contribution in [-0.2, 0) is 7.05 Å². The van der Waals surface area contributed by atoms with Crippen LogP contribution in [-0.4, -0.2) is 25.7 Å². The molecule has 0 aliphatic rings. The highest BCUT2D eigenvalue weighted by Gasteiger charge is 2.23. The Balaban J connectivity index is 1.87. The molecule has 0 aliphatic heterocycles. The van der Waals surface area contributed by atoms with E-state index in [9.17, 15) is 4.79 Å². The van der Waals surface area contributed by atoms with E-state index in [-0.39, 0.29) is 17.9 Å². The van der Waals surface area contributed by atoms with Crippen LogP contribution in [0.4, 0.5) is 0 Å². The molecule has 1 aromatic carbocycles. The second-order valence-corrected chi connectivity index (χ2v) is 6.71. The van der Waals surface area contributed by atoms with Gasteiger partial charge >= 0.3 is 0 Å². The molecule has 3 aromatic rings. The van der Waals surface area contributed by atoms with Crippen LogP contribution in [0.1, 0.15) is 41.6 Å². The van der Waals surface area contributed by atoms with Gasteiger partial charge in [-0.05, 0) is 47.7 Å². The molecule has 6 nitrogen and oxygen atoms in total. The number of pyridine rings is 1. The molecule has 0 unspecified atom stereocenters. The Morgan fingerprint density at radius 1 is 1.23 bits per heavy atom. The van der Waals surface area contributed by atoms with E-state index in [0.717, 1.165) is 22.5 Å². The van der Waals surface area contributed by atoms with E-state index in [1.165, 1.54) is 6.33 Å². The van der Waals surface area contributed by atoms with Crippen molar-refractivity contribution in [3.8, 4) is 11.1 Å². The summed E-state index contributed by atoms with van der Waals surface area (Å²) in [5.74, 6) is 0.808. The summed E-state index contributed by atoms with van der Waals surface area (Å²) in [6.45, 7) is 6.12. The van der Waals surface area contributed by atoms with Crippen LogP contribution >= 0.6 is 0 Å². The number of amides is 1. The Morgan fingerprint density at radius 2 is 2.04 bits per heavy atom. The molecule has 6 heteroatoms. The van der Waals surface area contributed by atoms with Crippen molar-refractivity contribution < 1.29 is 4.79 Å². The molecule has 0 spiro atoms. The van der Waals surface area contributed by atoms with Crippen LogP contribution in [0.2, 0.25) is 0 Å². The van der Waals surface area contributed by atoms with Crippen molar-refractivity contribution >= 4 is 5.91 Å². The summed E-state index contributed by atoms with van der Waals surface area (Å²) in [6.07, 6.45) is 5.09. The Morgan fingerprint density at radius 3 is 2.69 bits per heavy atom. The van der Waals surface area contributed by atoms with Crippen LogP contribution in [0.5, 0.6) is 0 Å². The predicted octanol–water partition coefficient (Wildman–Crippen LogP) is 3.31. The predicted molar refractivity (Wildman–Crippen MR) is 100 cm³/mol. The second kappa shape index (κ2) is 7.47. The van der Waals surface area contributed by atoms with E-state index in [4.69, 9.17) is 0 Å². The number of aromatic nitrogens is 4. The maximum atomic E-state index is 12.9. The Labute approximate surface area is 153 Å². The molecule has 2 aromatic heterocycles. The number of carbonyl (C=O) groups is 1. The summed E-state index contributed by atoms with van der Waals surface area (Å²) < 4.78 is 1.70. The van der Waals surface area contributed by atoms with Gasteiger partial charge in [-0.3, -0.25) is 14.5 Å². The topological polar surface area (TPSA) is 72.7 Å². The van der Waals surface area contributed by atoms with E-state index in [1.807, 2.05) is 50.5 Å². The van der Waals surface area contributed by atoms with E-state index >= 15 is 0 Å². The summed E-state index contributed by atoms with van der Waals surface area (Å²) in [6, 6.07) is 9.39. The molecule has 26 heavy (non-hydrogen) atoms. The summed E-state index contributed by atoms with van der Waals surface area (Å²) >= 11 is 0. The number of benzene rings is 1. The van der Waals surface area contributed by atoms with E-state index in [1.54, 1.807) is 10.9 Å². The fraction of sp³-hybridized carbons (Fsp3) is 0.300. The molecule has 0 fully saturated rings. The van der Waals surface area contributed by atoms with Gasteiger partial charge in [-0.25, -0.2) is 4.98 Å². The number of carbonyl (C=O) groups excluding carboxylic acids is 1. The zero-order chi connectivity index (χ0) is 18.7. The van der Waals surface area contributed by atoms with Crippen LogP contribution in [0, 0.1) is 12.8 Å². The minimum atomic E-state index is -0.207. The van der Waals surface area contributed by atoms with Gasteiger partial charge in [-0.2, -0.15) is 5.10 Å². The van der Waals surface area contributed by atoms with Crippen molar-refractivity contribution in [2.75, 3.05) is 0 Å². The highest BCUT2D eigenvalue weighted by Crippen LogP contribution is 2.24. The lowest BCUT2D eigenvalue weighted by Crippen LogP contribution is -2.33. The smallest absolute Gasteiger partial charge is 0.251 e. The Kier molecular flexibility index (Phi) is 5.11. The van der Waals surface area contributed by atoms with E-state index in [0.29, 0.717) is 5.56 Å². The zero-order valence-corrected chi connectivity index (χ0v) is 15.5. The second-order valence-electron chi connectivity index (χ2n) is 6.71. The van der Waals surface area contributed by atoms with Crippen molar-refractivity contribution in [1.29, 1.82) is 0 Å². The number of nitrogens with zero attached hydrogens (tertiary/aromatic N) is 4. The maximum absolute atomic E-state index is 12.9. The van der Waals surface area contributed by atoms with E-state index < -0.39 is 0 Å². The van der Waals surface area contributed by atoms with Gasteiger partial charge in [0.1, 0.15) is 12.2 Å². The Bertz CT molecular complexity index is 916. The minimum Gasteiger partial charge on any atom is -0.342 e. The average molecular weight is 349 g/mol. The van der Waals surface area contributed by atoms with Gasteiger partial charge in [-0.1, -0.05) is 26.0 Å². The van der Waals surface area contributed by atoms with Crippen molar-refractivity contribution in [3.63, 3.8) is 0 Å². The van der Waals surface area contributed by atoms with Gasteiger partial charge in [0.2, 0.25) is 0 Å². The first-order valence-corrected chi connectivity index (χ1v) is 8.63. The molecule has 2 heterocycles. The van der Waals surface area contributed by atoms with Gasteiger partial charge in [0.25, 0.3) is 5.91 Å². The molecule has 0 saturated heterocycles. The molecule has 0 radical (unpaired) electrons. The minimum absolute atomic E-state index is 0.125. The molecular weight excluding hydrogens is 326 g/mol. The molecule has 134 valence electrons. The van der Waals surface area contributed by atoms with Crippen molar-refractivity contribution in [1.82, 2.24) is 25.1 Å². The average Bonchev–Trinajstić information content (AvgIpc) is 3.05. The third-order valence-electron chi connectivity index (χ3n) is 4.43. The normalized spacial score (nSPS) is 12.2. The van der Waals surface area contributed by atoms with Crippen LogP contribution in [0.15, 0.2) is 49.1 Å². The van der Waals surface area contributed by atoms with Gasteiger partial charge in [0, 0.05) is 25.0 Å². The van der Waals surface area contributed by atoms with Crippen molar-refractivity contribution in [3.05, 3.63) is 66.0 Å². The van der Waals surface area contributed by atoms with Gasteiger partial charge in [0.15, 0.2) is 0 Å². The maximum Gasteiger partial charge on any atom is 0.251 e. The van der Waals surface area contributed by atoms with Gasteiger partial charge in [-0.15, -0.1) is 0 Å². The van der Waals surface area contributed by atoms with Crippen LogP contribution in [0.3, 0.4) is 0 Å². The summed E-state index contributed by atoms with van der Waals surface area (Å²) in [7, 11) is 1.83. The molecule has 1 atom stereocenters. The van der Waals surface area contributed by atoms with Gasteiger partial charge < -0.3 is 5.32 Å². The summed E-state index contributed by atoms with van der Waals surface area (Å²) in [4.78, 5) is 21.3. The largest absolute Gasteiger partial charge is 0.342 e. The zero-order valence-electron chi connectivity index (χ0n) is 15.5. The highest BCUT2D eigenvalue weighted by molar-refractivity contribution is 5.95. The van der Waals surface area contributed by atoms with Crippen molar-refractivity contribution in [2.24, 2.45) is 13.0 Å². The number of aryl methyl sites for hydroxylation is 2. The first-order chi connectivity index (χ1) is 12.5. The third kappa shape index (κ3) is 3.64. The first-order valence-electron chi connectivity index (χ1n) is 8.63. The lowest BCUT2D eigenvalue weighted by Gasteiger charge is -2.21. The van der Waals surface area contributed by atoms with Crippen molar-refractivity contribution in [2.45, 2.75) is 26.8 Å². The quantitative estimate of drug-likeness (QED) is 0.767. The fourth-order valence-corrected chi connectivity index (χ4v) is 2.97. The van der Waals surface area contributed by atoms with Gasteiger partial charge in [0.05, 0.1) is 6.04 Å². The lowest BCUT2D eigenvalue weighted by atomic mass is 9.99. The first kappa shape index (κ1) is 17.8. The monoisotopic (exact) mass is 349 g/mol. The standard InChI is InChI=1S/C20H23N5O/c1-13(2)18(19-22-12-23-25(19)4)24-20(26)16-7-5-6-15(10-16)17-8-9-21-11-14(17)3/h5-13,18H,1-4H3,(H,24,26)/t18-/m1/s1. The molecule has 0 aliphatic carbocycles. The molecule has 3 rings (SSSR count). The SMILES string of the molecule is Cc1cnccc1-c1cccc(C(=O)N[C@@H](c2ncnn2C)C(C)C)c1. The van der Waals surface area contributed by atoms with Crippen LogP contribution < -0.4 is 5.32 Å². The third-order valence-corrected chi connectivity index (χ3v) is 4.43. The summed E-state index contributed by atoms with van der Waals surface area (Å²) in [5.41, 5.74) is 3.76. The van der Waals surface area contributed by atoms with E-state index in [2.05, 4.69) is 34.2 Å². The number of nitrogens with one attached hydrogen (secondary N) is 1. The molecular formula is C20H23N5O. The number of hydrogen-bond donors (Lipinski definition) is 1. The summed E-state index contributed by atoms with van der Waals surface area (Å²) in [5, 5.41) is 7.21. The lowest BCUT2D eigenvalue weighted by molar-refractivity contribution is 0.0922. The van der Waals surface area contributed by atoms with Crippen LogP contribution in [0.25, 0.3) is 11.1 Å². The fourth-order valence-electron chi connectivity index (χ4n) is 2.97. The Hall–Kier alpha value is -3.02. The molecule has 1 amide bonds. The molecule has 0 bridgehead atoms. The highest BCUT2D eigenvalue weighted by atomic mass is 16.1. The number of hydrogen-bond acceptors (Lipinski definition) is 4.